The monoisotopic (exact) mass is 413 g/mol. The van der Waals surface area contributed by atoms with Crippen molar-refractivity contribution in [3.05, 3.63) is 84.2 Å². The molecule has 6 N–H and O–H groups in total. The van der Waals surface area contributed by atoms with Crippen molar-refractivity contribution in [2.45, 2.75) is 0 Å². The lowest BCUT2D eigenvalue weighted by atomic mass is 10.0. The lowest BCUT2D eigenvalue weighted by Crippen LogP contribution is -2.19. The van der Waals surface area contributed by atoms with Crippen molar-refractivity contribution in [1.82, 2.24) is 9.97 Å². The minimum absolute atomic E-state index is 0.0494. The first-order valence-corrected chi connectivity index (χ1v) is 9.41. The number of fused-ring (bicyclic) bond motifs is 1. The number of nitrogens with zero attached hydrogens (tertiary/aromatic N) is 1. The van der Waals surface area contributed by atoms with Crippen LogP contribution >= 0.6 is 0 Å². The van der Waals surface area contributed by atoms with E-state index in [1.54, 1.807) is 30.5 Å². The van der Waals surface area contributed by atoms with Gasteiger partial charge in [0.1, 0.15) is 11.4 Å². The molecule has 2 heterocycles. The first-order valence-electron chi connectivity index (χ1n) is 9.41. The van der Waals surface area contributed by atoms with Gasteiger partial charge in [-0.3, -0.25) is 4.79 Å². The van der Waals surface area contributed by atoms with Crippen molar-refractivity contribution >= 4 is 46.0 Å². The quantitative estimate of drug-likeness (QED) is 0.317. The maximum atomic E-state index is 12.3. The third-order valence-electron chi connectivity index (χ3n) is 4.58. The molecule has 31 heavy (non-hydrogen) atoms. The highest BCUT2D eigenvalue weighted by Crippen LogP contribution is 2.25. The van der Waals surface area contributed by atoms with Crippen LogP contribution in [-0.4, -0.2) is 27.0 Å². The molecule has 0 saturated heterocycles. The second kappa shape index (κ2) is 8.42. The number of anilines is 2. The lowest BCUT2D eigenvalue weighted by molar-refractivity contribution is -0.112. The zero-order valence-electron chi connectivity index (χ0n) is 16.3. The Labute approximate surface area is 177 Å². The molecule has 0 unspecified atom stereocenters. The number of benzene rings is 2. The van der Waals surface area contributed by atoms with Crippen LogP contribution in [0.25, 0.3) is 22.7 Å². The van der Waals surface area contributed by atoms with E-state index in [1.165, 1.54) is 18.3 Å². The molecule has 154 valence electrons. The molecule has 2 aromatic carbocycles. The van der Waals surface area contributed by atoms with Crippen LogP contribution in [0, 0.1) is 0 Å². The van der Waals surface area contributed by atoms with Gasteiger partial charge in [0, 0.05) is 34.5 Å². The first kappa shape index (κ1) is 19.7. The zero-order chi connectivity index (χ0) is 21.8. The van der Waals surface area contributed by atoms with E-state index in [9.17, 15) is 14.7 Å². The number of primary amides is 1. The van der Waals surface area contributed by atoms with E-state index in [0.29, 0.717) is 39.1 Å². The second-order valence-corrected chi connectivity index (χ2v) is 6.78. The fraction of sp³-hybridized carbons (Fsp3) is 0. The standard InChI is InChI=1S/C23H19N5O3/c24-21(30)19(14-5-2-1-3-6-14)9-15-12-25-22-20(15)11-17(13-26-22)28-23(31)27-16-7-4-8-18(29)10-16/h1-13,29H,(H2,24,30)(H,25,26)(H2,27,28,31). The number of carbonyl (C=O) groups excluding carboxylic acids is 2. The molecule has 8 nitrogen and oxygen atoms in total. The number of hydrogen-bond acceptors (Lipinski definition) is 4. The number of phenolic OH excluding ortho intramolecular Hbond substituents is 1. The minimum Gasteiger partial charge on any atom is -0.508 e. The number of hydrogen-bond donors (Lipinski definition) is 5. The Bertz CT molecular complexity index is 1300. The number of amides is 3. The number of aromatic amines is 1. The van der Waals surface area contributed by atoms with Gasteiger partial charge < -0.3 is 26.5 Å². The molecule has 0 spiro atoms. The van der Waals surface area contributed by atoms with Gasteiger partial charge in [-0.1, -0.05) is 36.4 Å². The highest BCUT2D eigenvalue weighted by atomic mass is 16.3. The number of rotatable bonds is 5. The van der Waals surface area contributed by atoms with Gasteiger partial charge in [0.25, 0.3) is 0 Å². The van der Waals surface area contributed by atoms with E-state index < -0.39 is 11.9 Å². The van der Waals surface area contributed by atoms with Crippen LogP contribution in [0.4, 0.5) is 16.2 Å². The summed E-state index contributed by atoms with van der Waals surface area (Å²) in [4.78, 5) is 31.7. The van der Waals surface area contributed by atoms with Crippen molar-refractivity contribution in [2.75, 3.05) is 10.6 Å². The average molecular weight is 413 g/mol. The van der Waals surface area contributed by atoms with Crippen LogP contribution in [0.1, 0.15) is 11.1 Å². The van der Waals surface area contributed by atoms with Crippen molar-refractivity contribution in [3.63, 3.8) is 0 Å². The maximum absolute atomic E-state index is 12.3. The fourth-order valence-electron chi connectivity index (χ4n) is 3.16. The second-order valence-electron chi connectivity index (χ2n) is 6.78. The van der Waals surface area contributed by atoms with Gasteiger partial charge in [-0.15, -0.1) is 0 Å². The number of H-pyrrole nitrogens is 1. The predicted octanol–water partition coefficient (Wildman–Crippen LogP) is 3.94. The number of urea groups is 1. The Kier molecular flexibility index (Phi) is 5.35. The Hall–Kier alpha value is -4.59. The number of phenols is 1. The van der Waals surface area contributed by atoms with Gasteiger partial charge in [-0.2, -0.15) is 0 Å². The van der Waals surface area contributed by atoms with Gasteiger partial charge in [0.15, 0.2) is 0 Å². The predicted molar refractivity (Wildman–Crippen MR) is 120 cm³/mol. The highest BCUT2D eigenvalue weighted by Gasteiger charge is 2.12. The fourth-order valence-corrected chi connectivity index (χ4v) is 3.16. The summed E-state index contributed by atoms with van der Waals surface area (Å²) >= 11 is 0. The molecule has 8 heteroatoms. The van der Waals surface area contributed by atoms with Gasteiger partial charge in [-0.05, 0) is 29.8 Å². The smallest absolute Gasteiger partial charge is 0.323 e. The molecule has 0 radical (unpaired) electrons. The molecule has 0 aliphatic rings. The lowest BCUT2D eigenvalue weighted by Gasteiger charge is -2.08. The van der Waals surface area contributed by atoms with E-state index in [0.717, 1.165) is 0 Å². The molecule has 0 aliphatic heterocycles. The third-order valence-corrected chi connectivity index (χ3v) is 4.58. The van der Waals surface area contributed by atoms with E-state index in [-0.39, 0.29) is 5.75 Å². The van der Waals surface area contributed by atoms with Gasteiger partial charge in [-0.25, -0.2) is 9.78 Å². The number of nitrogens with one attached hydrogen (secondary N) is 3. The Morgan fingerprint density at radius 2 is 1.77 bits per heavy atom. The largest absolute Gasteiger partial charge is 0.508 e. The summed E-state index contributed by atoms with van der Waals surface area (Å²) in [5.41, 5.74) is 8.87. The number of pyridine rings is 1. The number of aromatic nitrogens is 2. The molecular weight excluding hydrogens is 394 g/mol. The molecule has 0 saturated carbocycles. The summed E-state index contributed by atoms with van der Waals surface area (Å²) in [6, 6.07) is 16.6. The van der Waals surface area contributed by atoms with Crippen molar-refractivity contribution in [2.24, 2.45) is 5.73 Å². The SMILES string of the molecule is NC(=O)C(=Cc1c[nH]c2ncc(NC(=O)Nc3cccc(O)c3)cc12)c1ccccc1. The summed E-state index contributed by atoms with van der Waals surface area (Å²) in [6.07, 6.45) is 4.93. The summed E-state index contributed by atoms with van der Waals surface area (Å²) in [5, 5.41) is 15.6. The Morgan fingerprint density at radius 1 is 1.00 bits per heavy atom. The topological polar surface area (TPSA) is 133 Å². The van der Waals surface area contributed by atoms with Crippen LogP contribution in [-0.2, 0) is 4.79 Å². The van der Waals surface area contributed by atoms with E-state index in [4.69, 9.17) is 5.73 Å². The molecule has 2 aromatic heterocycles. The third kappa shape index (κ3) is 4.54. The Morgan fingerprint density at radius 3 is 2.52 bits per heavy atom. The van der Waals surface area contributed by atoms with Gasteiger partial charge in [0.2, 0.25) is 5.91 Å². The van der Waals surface area contributed by atoms with Crippen LogP contribution in [0.5, 0.6) is 5.75 Å². The summed E-state index contributed by atoms with van der Waals surface area (Å²) in [6.45, 7) is 0. The van der Waals surface area contributed by atoms with Gasteiger partial charge >= 0.3 is 6.03 Å². The van der Waals surface area contributed by atoms with Crippen molar-refractivity contribution in [3.8, 4) is 5.75 Å². The van der Waals surface area contributed by atoms with Crippen molar-refractivity contribution in [1.29, 1.82) is 0 Å². The maximum Gasteiger partial charge on any atom is 0.323 e. The molecule has 0 atom stereocenters. The van der Waals surface area contributed by atoms with Crippen LogP contribution in [0.2, 0.25) is 0 Å². The normalized spacial score (nSPS) is 11.3. The van der Waals surface area contributed by atoms with Crippen LogP contribution in [0.15, 0.2) is 73.1 Å². The van der Waals surface area contributed by atoms with E-state index >= 15 is 0 Å². The van der Waals surface area contributed by atoms with Crippen LogP contribution in [0.3, 0.4) is 0 Å². The van der Waals surface area contributed by atoms with E-state index in [1.807, 2.05) is 30.3 Å². The summed E-state index contributed by atoms with van der Waals surface area (Å²) in [5.74, 6) is -0.499. The minimum atomic E-state index is -0.548. The molecular formula is C23H19N5O3. The zero-order valence-corrected chi connectivity index (χ0v) is 16.3. The highest BCUT2D eigenvalue weighted by molar-refractivity contribution is 6.24. The first-order chi connectivity index (χ1) is 15.0. The molecule has 0 aliphatic carbocycles. The molecule has 3 amide bonds. The average Bonchev–Trinajstić information content (AvgIpc) is 3.14. The molecule has 0 bridgehead atoms. The number of nitrogens with two attached hydrogens (primary N) is 1. The molecule has 4 rings (SSSR count). The number of aromatic hydroxyl groups is 1. The summed E-state index contributed by atoms with van der Waals surface area (Å²) < 4.78 is 0. The van der Waals surface area contributed by atoms with E-state index in [2.05, 4.69) is 20.6 Å². The van der Waals surface area contributed by atoms with Gasteiger partial charge in [0.05, 0.1) is 11.9 Å². The molecule has 0 fully saturated rings. The number of carbonyl (C=O) groups is 2. The molecule has 4 aromatic rings. The Balaban J connectivity index is 1.61. The van der Waals surface area contributed by atoms with Crippen molar-refractivity contribution < 1.29 is 14.7 Å². The summed E-state index contributed by atoms with van der Waals surface area (Å²) in [7, 11) is 0. The van der Waals surface area contributed by atoms with Crippen LogP contribution < -0.4 is 16.4 Å².